The van der Waals surface area contributed by atoms with Crippen LogP contribution in [0.2, 0.25) is 0 Å². The highest BCUT2D eigenvalue weighted by atomic mass is 16.6. The zero-order valence-electron chi connectivity index (χ0n) is 10.7. The molecule has 101 valence electrons. The van der Waals surface area contributed by atoms with E-state index >= 15 is 0 Å². The molecule has 1 N–H and O–H groups in total. The average molecular weight is 261 g/mol. The fourth-order valence-electron chi connectivity index (χ4n) is 2.15. The summed E-state index contributed by atoms with van der Waals surface area (Å²) in [5.74, 6) is 0. The van der Waals surface area contributed by atoms with Gasteiger partial charge in [0.05, 0.1) is 6.54 Å². The summed E-state index contributed by atoms with van der Waals surface area (Å²) >= 11 is 0. The predicted octanol–water partition coefficient (Wildman–Crippen LogP) is 2.16. The fraction of sp³-hybridized carbons (Fsp3) is 0.429. The SMILES string of the molecule is O=[C]CN1CCCCC1OC(=O)Nc1ccccc1. The Kier molecular flexibility index (Phi) is 4.92. The first kappa shape index (κ1) is 13.5. The van der Waals surface area contributed by atoms with E-state index in [1.165, 1.54) is 0 Å². The van der Waals surface area contributed by atoms with Crippen LogP contribution in [-0.2, 0) is 9.53 Å². The Morgan fingerprint density at radius 1 is 1.37 bits per heavy atom. The number of nitrogens with one attached hydrogen (secondary N) is 1. The minimum absolute atomic E-state index is 0.184. The predicted molar refractivity (Wildman–Crippen MR) is 71.5 cm³/mol. The van der Waals surface area contributed by atoms with Gasteiger partial charge in [0.15, 0.2) is 6.23 Å². The van der Waals surface area contributed by atoms with Gasteiger partial charge in [-0.1, -0.05) is 18.2 Å². The van der Waals surface area contributed by atoms with Gasteiger partial charge in [0, 0.05) is 12.2 Å². The van der Waals surface area contributed by atoms with Crippen molar-refractivity contribution >= 4 is 18.1 Å². The molecule has 19 heavy (non-hydrogen) atoms. The van der Waals surface area contributed by atoms with Crippen molar-refractivity contribution in [3.05, 3.63) is 30.3 Å². The number of ether oxygens (including phenoxy) is 1. The number of para-hydroxylation sites is 1. The van der Waals surface area contributed by atoms with Crippen molar-refractivity contribution in [2.24, 2.45) is 0 Å². The maximum Gasteiger partial charge on any atom is 0.413 e. The van der Waals surface area contributed by atoms with Gasteiger partial charge in [0.1, 0.15) is 0 Å². The van der Waals surface area contributed by atoms with Crippen molar-refractivity contribution in [1.29, 1.82) is 0 Å². The molecule has 1 aliphatic rings. The number of piperidine rings is 1. The quantitative estimate of drug-likeness (QED) is 0.902. The third-order valence-corrected chi connectivity index (χ3v) is 3.08. The average Bonchev–Trinajstić information content (AvgIpc) is 2.42. The molecule has 1 unspecified atom stereocenters. The van der Waals surface area contributed by atoms with Crippen LogP contribution in [0.25, 0.3) is 0 Å². The molecule has 0 saturated carbocycles. The molecule has 1 aromatic carbocycles. The van der Waals surface area contributed by atoms with Crippen molar-refractivity contribution < 1.29 is 14.3 Å². The van der Waals surface area contributed by atoms with Crippen LogP contribution in [0.1, 0.15) is 19.3 Å². The van der Waals surface area contributed by atoms with Crippen LogP contribution in [0.3, 0.4) is 0 Å². The Hall–Kier alpha value is -1.88. The van der Waals surface area contributed by atoms with Gasteiger partial charge >= 0.3 is 6.09 Å². The standard InChI is InChI=1S/C14H17N2O3/c17-11-10-16-9-5-4-8-13(16)19-14(18)15-12-6-2-1-3-7-12/h1-3,6-7,13H,4-5,8-10H2,(H,15,18). The van der Waals surface area contributed by atoms with Gasteiger partial charge in [0.25, 0.3) is 0 Å². The zero-order chi connectivity index (χ0) is 13.5. The third kappa shape index (κ3) is 4.06. The van der Waals surface area contributed by atoms with Crippen molar-refractivity contribution in [3.8, 4) is 0 Å². The first-order valence-electron chi connectivity index (χ1n) is 6.41. The van der Waals surface area contributed by atoms with Crippen LogP contribution in [0.4, 0.5) is 10.5 Å². The van der Waals surface area contributed by atoms with E-state index in [1.807, 2.05) is 29.4 Å². The van der Waals surface area contributed by atoms with Crippen LogP contribution < -0.4 is 5.32 Å². The Bertz CT molecular complexity index is 422. The summed E-state index contributed by atoms with van der Waals surface area (Å²) in [7, 11) is 0. The minimum Gasteiger partial charge on any atom is -0.430 e. The summed E-state index contributed by atoms with van der Waals surface area (Å²) in [6, 6.07) is 9.13. The number of benzene rings is 1. The summed E-state index contributed by atoms with van der Waals surface area (Å²) in [4.78, 5) is 24.1. The number of carbonyl (C=O) groups is 1. The van der Waals surface area contributed by atoms with E-state index in [9.17, 15) is 9.59 Å². The van der Waals surface area contributed by atoms with Gasteiger partial charge in [-0.25, -0.2) is 4.79 Å². The van der Waals surface area contributed by atoms with Gasteiger partial charge in [0.2, 0.25) is 6.29 Å². The molecule has 1 saturated heterocycles. The lowest BCUT2D eigenvalue weighted by Crippen LogP contribution is -2.43. The van der Waals surface area contributed by atoms with Crippen LogP contribution in [-0.4, -0.2) is 36.6 Å². The number of carbonyl (C=O) groups excluding carboxylic acids is 2. The number of hydrogen-bond acceptors (Lipinski definition) is 4. The van der Waals surface area contributed by atoms with Gasteiger partial charge < -0.3 is 4.74 Å². The highest BCUT2D eigenvalue weighted by Crippen LogP contribution is 2.18. The maximum atomic E-state index is 11.8. The highest BCUT2D eigenvalue weighted by molar-refractivity contribution is 5.84. The minimum atomic E-state index is -0.492. The van der Waals surface area contributed by atoms with E-state index in [2.05, 4.69) is 5.32 Å². The number of anilines is 1. The molecule has 1 heterocycles. The first-order chi connectivity index (χ1) is 9.29. The van der Waals surface area contributed by atoms with E-state index < -0.39 is 6.09 Å². The molecule has 0 spiro atoms. The molecule has 1 fully saturated rings. The number of rotatable bonds is 4. The highest BCUT2D eigenvalue weighted by Gasteiger charge is 2.25. The number of amides is 1. The molecule has 0 aromatic heterocycles. The lowest BCUT2D eigenvalue weighted by atomic mass is 10.1. The number of hydrogen-bond donors (Lipinski definition) is 1. The lowest BCUT2D eigenvalue weighted by Gasteiger charge is -2.33. The number of nitrogens with zero attached hydrogens (tertiary/aromatic N) is 1. The molecule has 0 bridgehead atoms. The summed E-state index contributed by atoms with van der Waals surface area (Å²) in [5, 5.41) is 2.67. The molecule has 1 atom stereocenters. The molecule has 1 aliphatic heterocycles. The summed E-state index contributed by atoms with van der Waals surface area (Å²) in [6.45, 7) is 0.946. The van der Waals surface area contributed by atoms with Gasteiger partial charge in [-0.05, 0) is 31.4 Å². The van der Waals surface area contributed by atoms with Crippen molar-refractivity contribution in [2.75, 3.05) is 18.4 Å². The Balaban J connectivity index is 1.88. The van der Waals surface area contributed by atoms with Crippen LogP contribution in [0, 0.1) is 0 Å². The maximum absolute atomic E-state index is 11.8. The van der Waals surface area contributed by atoms with E-state index in [0.29, 0.717) is 5.69 Å². The van der Waals surface area contributed by atoms with Gasteiger partial charge in [-0.2, -0.15) is 0 Å². The molecule has 5 nitrogen and oxygen atoms in total. The molecule has 0 aliphatic carbocycles. The summed E-state index contributed by atoms with van der Waals surface area (Å²) < 4.78 is 5.36. The normalized spacial score (nSPS) is 19.7. The molecule has 2 rings (SSSR count). The molecule has 1 amide bonds. The van der Waals surface area contributed by atoms with Crippen molar-refractivity contribution in [1.82, 2.24) is 4.90 Å². The van der Waals surface area contributed by atoms with Crippen LogP contribution in [0.5, 0.6) is 0 Å². The first-order valence-corrected chi connectivity index (χ1v) is 6.41. The summed E-state index contributed by atoms with van der Waals surface area (Å²) in [5.41, 5.74) is 0.691. The largest absolute Gasteiger partial charge is 0.430 e. The zero-order valence-corrected chi connectivity index (χ0v) is 10.7. The fourth-order valence-corrected chi connectivity index (χ4v) is 2.15. The van der Waals surface area contributed by atoms with Gasteiger partial charge in [-0.15, -0.1) is 0 Å². The second-order valence-corrected chi connectivity index (χ2v) is 4.46. The van der Waals surface area contributed by atoms with Gasteiger partial charge in [-0.3, -0.25) is 15.0 Å². The molecule has 1 aromatic rings. The lowest BCUT2D eigenvalue weighted by molar-refractivity contribution is -0.0226. The second-order valence-electron chi connectivity index (χ2n) is 4.46. The van der Waals surface area contributed by atoms with Crippen LogP contribution in [0.15, 0.2) is 30.3 Å². The third-order valence-electron chi connectivity index (χ3n) is 3.08. The molecule has 5 heteroatoms. The van der Waals surface area contributed by atoms with Crippen molar-refractivity contribution in [3.63, 3.8) is 0 Å². The Morgan fingerprint density at radius 3 is 2.89 bits per heavy atom. The molecule has 1 radical (unpaired) electrons. The van der Waals surface area contributed by atoms with E-state index in [-0.39, 0.29) is 12.8 Å². The smallest absolute Gasteiger partial charge is 0.413 e. The summed E-state index contributed by atoms with van der Waals surface area (Å²) in [6.07, 6.45) is 3.80. The van der Waals surface area contributed by atoms with E-state index in [4.69, 9.17) is 4.74 Å². The monoisotopic (exact) mass is 261 g/mol. The molecular formula is C14H17N2O3. The second kappa shape index (κ2) is 6.89. The van der Waals surface area contributed by atoms with E-state index in [0.717, 1.165) is 25.8 Å². The van der Waals surface area contributed by atoms with Crippen molar-refractivity contribution in [2.45, 2.75) is 25.5 Å². The number of likely N-dealkylation sites (tertiary alicyclic amines) is 1. The Labute approximate surface area is 112 Å². The van der Waals surface area contributed by atoms with Crippen LogP contribution >= 0.6 is 0 Å². The molecular weight excluding hydrogens is 244 g/mol. The topological polar surface area (TPSA) is 58.6 Å². The van der Waals surface area contributed by atoms with E-state index in [1.54, 1.807) is 12.1 Å². The Morgan fingerprint density at radius 2 is 2.16 bits per heavy atom.